The molecule has 7 nitrogen and oxygen atoms in total. The number of para-hydroxylation sites is 2. The zero-order chi connectivity index (χ0) is 22.8. The van der Waals surface area contributed by atoms with Crippen molar-refractivity contribution in [3.05, 3.63) is 76.2 Å². The van der Waals surface area contributed by atoms with Crippen molar-refractivity contribution >= 4 is 27.5 Å². The number of thiophene rings is 1. The van der Waals surface area contributed by atoms with Crippen LogP contribution in [0.1, 0.15) is 12.0 Å². The molecule has 1 atom stereocenters. The van der Waals surface area contributed by atoms with Crippen molar-refractivity contribution in [1.82, 2.24) is 14.9 Å². The second-order valence-electron chi connectivity index (χ2n) is 7.99. The Morgan fingerprint density at radius 1 is 1.18 bits per heavy atom. The van der Waals surface area contributed by atoms with Gasteiger partial charge in [-0.3, -0.25) is 14.2 Å². The fourth-order valence-electron chi connectivity index (χ4n) is 3.77. The number of amides is 1. The first-order valence-electron chi connectivity index (χ1n) is 10.8. The van der Waals surface area contributed by atoms with Gasteiger partial charge in [-0.2, -0.15) is 0 Å². The van der Waals surface area contributed by atoms with E-state index < -0.39 is 0 Å². The lowest BCUT2D eigenvalue weighted by Crippen LogP contribution is -2.41. The summed E-state index contributed by atoms with van der Waals surface area (Å²) in [7, 11) is 0. The van der Waals surface area contributed by atoms with Gasteiger partial charge in [0.05, 0.1) is 18.3 Å². The molecule has 8 heteroatoms. The molecule has 2 aromatic heterocycles. The molecule has 0 saturated heterocycles. The second-order valence-corrected chi connectivity index (χ2v) is 8.85. The van der Waals surface area contributed by atoms with Crippen LogP contribution in [0.15, 0.2) is 65.0 Å². The van der Waals surface area contributed by atoms with Gasteiger partial charge in [-0.1, -0.05) is 42.0 Å². The number of aromatic nitrogens is 2. The number of benzene rings is 2. The molecule has 0 unspecified atom stereocenters. The van der Waals surface area contributed by atoms with Crippen molar-refractivity contribution in [2.24, 2.45) is 0 Å². The Labute approximate surface area is 194 Å². The summed E-state index contributed by atoms with van der Waals surface area (Å²) in [6, 6.07) is 15.5. The molecule has 3 heterocycles. The zero-order valence-electron chi connectivity index (χ0n) is 18.1. The normalized spacial score (nSPS) is 14.9. The van der Waals surface area contributed by atoms with Gasteiger partial charge in [-0.05, 0) is 24.6 Å². The Balaban J connectivity index is 1.23. The van der Waals surface area contributed by atoms with Crippen LogP contribution in [-0.2, 0) is 11.3 Å². The van der Waals surface area contributed by atoms with Crippen LogP contribution >= 0.6 is 11.3 Å². The molecule has 0 bridgehead atoms. The SMILES string of the molecule is Cc1ccc(-c2csc3ncn(CCC(=O)NC[C@@H]4COc5ccccc5O4)c(=O)c23)cc1. The smallest absolute Gasteiger partial charge is 0.262 e. The fourth-order valence-corrected chi connectivity index (χ4v) is 4.68. The first-order valence-corrected chi connectivity index (χ1v) is 11.7. The number of aryl methyl sites for hydroxylation is 2. The molecule has 0 saturated carbocycles. The van der Waals surface area contributed by atoms with Gasteiger partial charge >= 0.3 is 0 Å². The van der Waals surface area contributed by atoms with Gasteiger partial charge in [0, 0.05) is 23.9 Å². The monoisotopic (exact) mass is 461 g/mol. The molecule has 2 aromatic carbocycles. The number of fused-ring (bicyclic) bond motifs is 2. The average molecular weight is 462 g/mol. The highest BCUT2D eigenvalue weighted by molar-refractivity contribution is 7.17. The second kappa shape index (κ2) is 9.07. The Bertz CT molecular complexity index is 1360. The van der Waals surface area contributed by atoms with Crippen molar-refractivity contribution in [3.8, 4) is 22.6 Å². The summed E-state index contributed by atoms with van der Waals surface area (Å²) in [5.74, 6) is 1.23. The van der Waals surface area contributed by atoms with Crippen LogP contribution in [0.2, 0.25) is 0 Å². The van der Waals surface area contributed by atoms with Gasteiger partial charge in [-0.15, -0.1) is 11.3 Å². The molecule has 5 rings (SSSR count). The third-order valence-electron chi connectivity index (χ3n) is 5.60. The number of ether oxygens (including phenoxy) is 2. The van der Waals surface area contributed by atoms with Crippen LogP contribution in [0.3, 0.4) is 0 Å². The Kier molecular flexibility index (Phi) is 5.83. The highest BCUT2D eigenvalue weighted by Gasteiger charge is 2.21. The number of rotatable bonds is 6. The first-order chi connectivity index (χ1) is 16.1. The van der Waals surface area contributed by atoms with E-state index in [0.717, 1.165) is 16.7 Å². The summed E-state index contributed by atoms with van der Waals surface area (Å²) >= 11 is 1.45. The maximum Gasteiger partial charge on any atom is 0.262 e. The van der Waals surface area contributed by atoms with Crippen molar-refractivity contribution in [2.45, 2.75) is 26.0 Å². The molecule has 0 spiro atoms. The van der Waals surface area contributed by atoms with E-state index in [-0.39, 0.29) is 30.5 Å². The van der Waals surface area contributed by atoms with Crippen molar-refractivity contribution in [1.29, 1.82) is 0 Å². The quantitative estimate of drug-likeness (QED) is 0.473. The summed E-state index contributed by atoms with van der Waals surface area (Å²) in [5.41, 5.74) is 2.89. The predicted octanol–water partition coefficient (Wildman–Crippen LogP) is 3.78. The van der Waals surface area contributed by atoms with Crippen LogP contribution in [0.5, 0.6) is 11.5 Å². The molecule has 0 radical (unpaired) electrons. The number of carbonyl (C=O) groups is 1. The summed E-state index contributed by atoms with van der Waals surface area (Å²) in [6.45, 7) is 2.99. The minimum Gasteiger partial charge on any atom is -0.486 e. The van der Waals surface area contributed by atoms with E-state index in [1.165, 1.54) is 22.2 Å². The molecule has 33 heavy (non-hydrogen) atoms. The van der Waals surface area contributed by atoms with Crippen LogP contribution in [-0.4, -0.2) is 34.7 Å². The van der Waals surface area contributed by atoms with Gasteiger partial charge in [0.1, 0.15) is 17.5 Å². The fraction of sp³-hybridized carbons (Fsp3) is 0.240. The molecule has 168 valence electrons. The number of hydrogen-bond acceptors (Lipinski definition) is 6. The first kappa shape index (κ1) is 21.2. The van der Waals surface area contributed by atoms with E-state index >= 15 is 0 Å². The number of nitrogens with one attached hydrogen (secondary N) is 1. The summed E-state index contributed by atoms with van der Waals surface area (Å²) in [4.78, 5) is 30.7. The van der Waals surface area contributed by atoms with E-state index in [9.17, 15) is 9.59 Å². The molecule has 1 N–H and O–H groups in total. The van der Waals surface area contributed by atoms with Crippen LogP contribution in [0, 0.1) is 6.92 Å². The average Bonchev–Trinajstić information content (AvgIpc) is 3.27. The molecule has 0 aliphatic carbocycles. The summed E-state index contributed by atoms with van der Waals surface area (Å²) in [5, 5.41) is 5.43. The van der Waals surface area contributed by atoms with Crippen LogP contribution in [0.25, 0.3) is 21.3 Å². The largest absolute Gasteiger partial charge is 0.486 e. The molecule has 4 aromatic rings. The molecule has 1 aliphatic heterocycles. The zero-order valence-corrected chi connectivity index (χ0v) is 18.9. The summed E-state index contributed by atoms with van der Waals surface area (Å²) in [6.07, 6.45) is 1.43. The highest BCUT2D eigenvalue weighted by atomic mass is 32.1. The Morgan fingerprint density at radius 2 is 1.97 bits per heavy atom. The number of hydrogen-bond donors (Lipinski definition) is 1. The molecular formula is C25H23N3O4S. The van der Waals surface area contributed by atoms with E-state index in [0.29, 0.717) is 34.9 Å². The van der Waals surface area contributed by atoms with Crippen molar-refractivity contribution in [2.75, 3.05) is 13.2 Å². The van der Waals surface area contributed by atoms with E-state index in [2.05, 4.69) is 10.3 Å². The maximum atomic E-state index is 13.1. The lowest BCUT2D eigenvalue weighted by molar-refractivity contribution is -0.121. The standard InChI is InChI=1S/C25H23N3O4S/c1-16-6-8-17(9-7-16)19-14-33-24-23(19)25(30)28(15-27-24)11-10-22(29)26-12-18-13-31-20-4-2-3-5-21(20)32-18/h2-9,14-15,18H,10-13H2,1H3,(H,26,29)/t18-/m1/s1. The number of carbonyl (C=O) groups excluding carboxylic acids is 1. The lowest BCUT2D eigenvalue weighted by Gasteiger charge is -2.26. The van der Waals surface area contributed by atoms with E-state index in [4.69, 9.17) is 9.47 Å². The Hall–Kier alpha value is -3.65. The van der Waals surface area contributed by atoms with Crippen molar-refractivity contribution < 1.29 is 14.3 Å². The van der Waals surface area contributed by atoms with E-state index in [1.54, 1.807) is 0 Å². The van der Waals surface area contributed by atoms with Gasteiger partial charge in [0.2, 0.25) is 5.91 Å². The van der Waals surface area contributed by atoms with Gasteiger partial charge < -0.3 is 14.8 Å². The third kappa shape index (κ3) is 4.47. The van der Waals surface area contributed by atoms with Gasteiger partial charge in [0.25, 0.3) is 5.56 Å². The third-order valence-corrected chi connectivity index (χ3v) is 6.48. The van der Waals surface area contributed by atoms with Crippen LogP contribution in [0.4, 0.5) is 0 Å². The van der Waals surface area contributed by atoms with Crippen molar-refractivity contribution in [3.63, 3.8) is 0 Å². The van der Waals surface area contributed by atoms with Crippen LogP contribution < -0.4 is 20.3 Å². The van der Waals surface area contributed by atoms with Gasteiger partial charge in [-0.25, -0.2) is 4.98 Å². The minimum absolute atomic E-state index is 0.134. The summed E-state index contributed by atoms with van der Waals surface area (Å²) < 4.78 is 13.0. The van der Waals surface area contributed by atoms with Gasteiger partial charge in [0.15, 0.2) is 11.5 Å². The maximum absolute atomic E-state index is 13.1. The highest BCUT2D eigenvalue weighted by Crippen LogP contribution is 2.31. The molecule has 1 aliphatic rings. The topological polar surface area (TPSA) is 82.5 Å². The molecule has 0 fully saturated rings. The minimum atomic E-state index is -0.257. The number of nitrogens with zero attached hydrogens (tertiary/aromatic N) is 2. The lowest BCUT2D eigenvalue weighted by atomic mass is 10.1. The van der Waals surface area contributed by atoms with E-state index in [1.807, 2.05) is 60.8 Å². The molecule has 1 amide bonds. The predicted molar refractivity (Wildman–Crippen MR) is 128 cm³/mol. The Morgan fingerprint density at radius 3 is 2.79 bits per heavy atom. The molecular weight excluding hydrogens is 438 g/mol.